The summed E-state index contributed by atoms with van der Waals surface area (Å²) in [6.07, 6.45) is -0.463. The molecule has 1 unspecified atom stereocenters. The number of nitriles is 2. The van der Waals surface area contributed by atoms with Crippen LogP contribution in [0, 0.1) is 22.7 Å². The van der Waals surface area contributed by atoms with Gasteiger partial charge < -0.3 is 9.64 Å². The molecule has 86 valence electrons. The number of ether oxygens (including phenoxy) is 1. The molecule has 0 N–H and O–H groups in total. The first-order valence-corrected chi connectivity index (χ1v) is 5.44. The van der Waals surface area contributed by atoms with Gasteiger partial charge in [-0.3, -0.25) is 0 Å². The first-order chi connectivity index (χ1) is 8.22. The second-order valence-corrected chi connectivity index (χ2v) is 3.97. The topological polar surface area (TPSA) is 72.9 Å². The molecule has 0 amide bonds. The van der Waals surface area contributed by atoms with Crippen LogP contribution in [0.25, 0.3) is 0 Å². The zero-order valence-corrected chi connectivity index (χ0v) is 9.68. The van der Waals surface area contributed by atoms with Crippen LogP contribution in [-0.4, -0.2) is 30.8 Å². The molecule has 0 spiro atoms. The first kappa shape index (κ1) is 11.7. The second-order valence-electron chi connectivity index (χ2n) is 3.58. The summed E-state index contributed by atoms with van der Waals surface area (Å²) in [5.41, 5.74) is 0.458. The van der Waals surface area contributed by atoms with Crippen LogP contribution in [0.1, 0.15) is 5.56 Å². The standard InChI is InChI=1S/C11H9ClN4O/c12-10-3-8(5-13)4-11(15-10)16-1-2-17-9(6-14)7-16/h3-4,9H,1-2,7H2. The number of halogens is 1. The lowest BCUT2D eigenvalue weighted by Crippen LogP contribution is -2.42. The van der Waals surface area contributed by atoms with Gasteiger partial charge in [0.25, 0.3) is 0 Å². The van der Waals surface area contributed by atoms with Crippen molar-refractivity contribution in [2.45, 2.75) is 6.10 Å². The van der Waals surface area contributed by atoms with Gasteiger partial charge in [0.2, 0.25) is 0 Å². The van der Waals surface area contributed by atoms with E-state index in [1.165, 1.54) is 6.07 Å². The fraction of sp³-hybridized carbons (Fsp3) is 0.364. The van der Waals surface area contributed by atoms with Crippen molar-refractivity contribution < 1.29 is 4.74 Å². The maximum absolute atomic E-state index is 8.85. The van der Waals surface area contributed by atoms with Crippen molar-refractivity contribution in [2.24, 2.45) is 0 Å². The summed E-state index contributed by atoms with van der Waals surface area (Å²) in [5, 5.41) is 17.9. The van der Waals surface area contributed by atoms with Gasteiger partial charge in [0.15, 0.2) is 6.10 Å². The molecule has 6 heteroatoms. The minimum Gasteiger partial charge on any atom is -0.360 e. The van der Waals surface area contributed by atoms with Gasteiger partial charge in [0.1, 0.15) is 11.0 Å². The van der Waals surface area contributed by atoms with Gasteiger partial charge in [0.05, 0.1) is 30.9 Å². The number of hydrogen-bond acceptors (Lipinski definition) is 5. The minimum atomic E-state index is -0.463. The summed E-state index contributed by atoms with van der Waals surface area (Å²) in [6, 6.07) is 7.25. The van der Waals surface area contributed by atoms with Crippen LogP contribution in [0.2, 0.25) is 5.15 Å². The molecule has 0 aliphatic carbocycles. The quantitative estimate of drug-likeness (QED) is 0.701. The molecule has 0 radical (unpaired) electrons. The summed E-state index contributed by atoms with van der Waals surface area (Å²) in [4.78, 5) is 6.04. The van der Waals surface area contributed by atoms with Gasteiger partial charge in [-0.15, -0.1) is 0 Å². The Balaban J connectivity index is 2.25. The fourth-order valence-corrected chi connectivity index (χ4v) is 1.85. The molecule has 2 heterocycles. The summed E-state index contributed by atoms with van der Waals surface area (Å²) in [6.45, 7) is 1.54. The highest BCUT2D eigenvalue weighted by atomic mass is 35.5. The zero-order chi connectivity index (χ0) is 12.3. The van der Waals surface area contributed by atoms with Crippen molar-refractivity contribution in [3.05, 3.63) is 22.8 Å². The number of pyridine rings is 1. The molecule has 1 atom stereocenters. The van der Waals surface area contributed by atoms with Gasteiger partial charge >= 0.3 is 0 Å². The maximum Gasteiger partial charge on any atom is 0.161 e. The number of rotatable bonds is 1. The summed E-state index contributed by atoms with van der Waals surface area (Å²) < 4.78 is 5.24. The molecule has 1 saturated heterocycles. The van der Waals surface area contributed by atoms with E-state index in [-0.39, 0.29) is 5.15 Å². The Bertz CT molecular complexity index is 505. The van der Waals surface area contributed by atoms with Crippen LogP contribution >= 0.6 is 11.6 Å². The van der Waals surface area contributed by atoms with E-state index in [4.69, 9.17) is 26.9 Å². The molecule has 1 fully saturated rings. The van der Waals surface area contributed by atoms with Gasteiger partial charge in [-0.25, -0.2) is 4.98 Å². The zero-order valence-electron chi connectivity index (χ0n) is 8.93. The van der Waals surface area contributed by atoms with E-state index in [2.05, 4.69) is 11.1 Å². The van der Waals surface area contributed by atoms with Crippen LogP contribution in [-0.2, 0) is 4.74 Å². The average molecular weight is 249 g/mol. The number of morpholine rings is 1. The van der Waals surface area contributed by atoms with Crippen molar-refractivity contribution in [1.29, 1.82) is 10.5 Å². The predicted octanol–water partition coefficient (Wildman–Crippen LogP) is 1.34. The molecule has 1 aliphatic heterocycles. The Hall–Kier alpha value is -1.82. The molecule has 0 bridgehead atoms. The molecule has 2 rings (SSSR count). The summed E-state index contributed by atoms with van der Waals surface area (Å²) >= 11 is 5.83. The van der Waals surface area contributed by atoms with E-state index in [0.717, 1.165) is 0 Å². The molecule has 1 aromatic rings. The minimum absolute atomic E-state index is 0.277. The van der Waals surface area contributed by atoms with E-state index in [9.17, 15) is 0 Å². The lowest BCUT2D eigenvalue weighted by molar-refractivity contribution is 0.0761. The third kappa shape index (κ3) is 2.65. The van der Waals surface area contributed by atoms with Crippen molar-refractivity contribution in [3.63, 3.8) is 0 Å². The molecular weight excluding hydrogens is 240 g/mol. The van der Waals surface area contributed by atoms with E-state index in [0.29, 0.717) is 31.1 Å². The Morgan fingerprint density at radius 3 is 3.00 bits per heavy atom. The lowest BCUT2D eigenvalue weighted by Gasteiger charge is -2.30. The Morgan fingerprint density at radius 1 is 1.47 bits per heavy atom. The highest BCUT2D eigenvalue weighted by Crippen LogP contribution is 2.19. The Kier molecular flexibility index (Phi) is 3.43. The number of anilines is 1. The number of hydrogen-bond donors (Lipinski definition) is 0. The third-order valence-corrected chi connectivity index (χ3v) is 2.64. The van der Waals surface area contributed by atoms with Crippen molar-refractivity contribution in [2.75, 3.05) is 24.6 Å². The van der Waals surface area contributed by atoms with Crippen LogP contribution in [0.3, 0.4) is 0 Å². The van der Waals surface area contributed by atoms with Gasteiger partial charge in [-0.05, 0) is 12.1 Å². The summed E-state index contributed by atoms with van der Waals surface area (Å²) in [5.74, 6) is 0.609. The summed E-state index contributed by atoms with van der Waals surface area (Å²) in [7, 11) is 0. The van der Waals surface area contributed by atoms with Crippen LogP contribution < -0.4 is 4.90 Å². The average Bonchev–Trinajstić information content (AvgIpc) is 2.38. The smallest absolute Gasteiger partial charge is 0.161 e. The van der Waals surface area contributed by atoms with Gasteiger partial charge in [-0.1, -0.05) is 11.6 Å². The van der Waals surface area contributed by atoms with Crippen LogP contribution in [0.15, 0.2) is 12.1 Å². The first-order valence-electron chi connectivity index (χ1n) is 5.07. The molecule has 5 nitrogen and oxygen atoms in total. The second kappa shape index (κ2) is 5.01. The molecule has 1 aromatic heterocycles. The molecule has 0 saturated carbocycles. The maximum atomic E-state index is 8.85. The Labute approximate surface area is 104 Å². The molecule has 17 heavy (non-hydrogen) atoms. The lowest BCUT2D eigenvalue weighted by atomic mass is 10.2. The van der Waals surface area contributed by atoms with Crippen molar-refractivity contribution in [1.82, 2.24) is 4.98 Å². The van der Waals surface area contributed by atoms with Crippen LogP contribution in [0.5, 0.6) is 0 Å². The third-order valence-electron chi connectivity index (χ3n) is 2.44. The molecule has 0 aromatic carbocycles. The monoisotopic (exact) mass is 248 g/mol. The van der Waals surface area contributed by atoms with Crippen molar-refractivity contribution in [3.8, 4) is 12.1 Å². The van der Waals surface area contributed by atoms with Crippen LogP contribution in [0.4, 0.5) is 5.82 Å². The highest BCUT2D eigenvalue weighted by molar-refractivity contribution is 6.29. The molecule has 1 aliphatic rings. The Morgan fingerprint density at radius 2 is 2.29 bits per heavy atom. The number of aromatic nitrogens is 1. The predicted molar refractivity (Wildman–Crippen MR) is 61.5 cm³/mol. The highest BCUT2D eigenvalue weighted by Gasteiger charge is 2.21. The van der Waals surface area contributed by atoms with E-state index in [1.54, 1.807) is 6.07 Å². The van der Waals surface area contributed by atoms with Gasteiger partial charge in [-0.2, -0.15) is 10.5 Å². The van der Waals surface area contributed by atoms with E-state index in [1.807, 2.05) is 11.0 Å². The fourth-order valence-electron chi connectivity index (χ4n) is 1.65. The van der Waals surface area contributed by atoms with E-state index >= 15 is 0 Å². The van der Waals surface area contributed by atoms with E-state index < -0.39 is 6.10 Å². The normalized spacial score (nSPS) is 19.5. The molecular formula is C11H9ClN4O. The SMILES string of the molecule is N#Cc1cc(Cl)nc(N2CCOC(C#N)C2)c1. The van der Waals surface area contributed by atoms with Crippen molar-refractivity contribution >= 4 is 17.4 Å². The number of nitrogens with zero attached hydrogens (tertiary/aromatic N) is 4. The largest absolute Gasteiger partial charge is 0.360 e. The van der Waals surface area contributed by atoms with Gasteiger partial charge in [0, 0.05) is 6.54 Å².